The van der Waals surface area contributed by atoms with E-state index in [1.165, 1.54) is 6.42 Å². The Morgan fingerprint density at radius 1 is 1.53 bits per heavy atom. The molecule has 1 saturated carbocycles. The van der Waals surface area contributed by atoms with Crippen molar-refractivity contribution >= 4 is 32.2 Å². The summed E-state index contributed by atoms with van der Waals surface area (Å²) in [7, 11) is -3.30. The first-order valence-electron chi connectivity index (χ1n) is 5.79. The number of hydrogen-bond donors (Lipinski definition) is 2. The van der Waals surface area contributed by atoms with Gasteiger partial charge in [-0.25, -0.2) is 8.42 Å². The lowest BCUT2D eigenvalue weighted by Gasteiger charge is -2.26. The van der Waals surface area contributed by atoms with E-state index in [0.29, 0.717) is 17.5 Å². The highest BCUT2D eigenvalue weighted by Crippen LogP contribution is 2.35. The molecule has 2 rings (SSSR count). The molecule has 0 saturated heterocycles. The van der Waals surface area contributed by atoms with Crippen LogP contribution >= 0.6 is 11.5 Å². The highest BCUT2D eigenvalue weighted by Gasteiger charge is 2.27. The monoisotopic (exact) mass is 275 g/mol. The molecule has 0 spiro atoms. The second-order valence-electron chi connectivity index (χ2n) is 4.32. The van der Waals surface area contributed by atoms with Crippen molar-refractivity contribution in [1.82, 2.24) is 4.37 Å². The molecule has 0 bridgehead atoms. The minimum absolute atomic E-state index is 0.120. The standard InChI is InChI=1S/C10H17N3O2S2/c1-2-6-17(14,15)8-9(11)13-16-10(8)12-7-4-3-5-7/h7,12H,2-6H2,1H3,(H2,11,13). The van der Waals surface area contributed by atoms with Gasteiger partial charge in [-0.15, -0.1) is 0 Å². The Balaban J connectivity index is 2.28. The second-order valence-corrected chi connectivity index (χ2v) is 7.14. The molecule has 96 valence electrons. The Morgan fingerprint density at radius 3 is 2.76 bits per heavy atom. The summed E-state index contributed by atoms with van der Waals surface area (Å²) in [5.74, 6) is 0.250. The summed E-state index contributed by atoms with van der Waals surface area (Å²) < 4.78 is 28.1. The van der Waals surface area contributed by atoms with Gasteiger partial charge in [0.05, 0.1) is 5.75 Å². The highest BCUT2D eigenvalue weighted by atomic mass is 32.2. The molecule has 1 aromatic heterocycles. The highest BCUT2D eigenvalue weighted by molar-refractivity contribution is 7.91. The van der Waals surface area contributed by atoms with Crippen molar-refractivity contribution in [2.24, 2.45) is 0 Å². The lowest BCUT2D eigenvalue weighted by Crippen LogP contribution is -2.27. The summed E-state index contributed by atoms with van der Waals surface area (Å²) >= 11 is 1.14. The number of nitrogens with zero attached hydrogens (tertiary/aromatic N) is 1. The number of rotatable bonds is 5. The maximum absolute atomic E-state index is 12.1. The summed E-state index contributed by atoms with van der Waals surface area (Å²) in [5, 5.41) is 3.84. The molecule has 0 aromatic carbocycles. The molecule has 1 heterocycles. The van der Waals surface area contributed by atoms with Crippen molar-refractivity contribution in [1.29, 1.82) is 0 Å². The average Bonchev–Trinajstić information content (AvgIpc) is 2.54. The first-order valence-corrected chi connectivity index (χ1v) is 8.21. The van der Waals surface area contributed by atoms with Gasteiger partial charge in [-0.05, 0) is 37.2 Å². The molecule has 1 fully saturated rings. The van der Waals surface area contributed by atoms with Gasteiger partial charge in [-0.2, -0.15) is 4.37 Å². The topological polar surface area (TPSA) is 85.1 Å². The van der Waals surface area contributed by atoms with E-state index in [0.717, 1.165) is 24.4 Å². The van der Waals surface area contributed by atoms with Crippen molar-refractivity contribution in [2.75, 3.05) is 16.8 Å². The molecule has 0 unspecified atom stereocenters. The van der Waals surface area contributed by atoms with Crippen LogP contribution < -0.4 is 11.1 Å². The largest absolute Gasteiger partial charge is 0.382 e. The average molecular weight is 275 g/mol. The molecule has 1 aliphatic carbocycles. The molecule has 1 aromatic rings. The third-order valence-corrected chi connectivity index (χ3v) is 5.80. The Kier molecular flexibility index (Phi) is 3.58. The van der Waals surface area contributed by atoms with Crippen LogP contribution in [-0.2, 0) is 9.84 Å². The second kappa shape index (κ2) is 4.81. The Bertz CT molecular complexity index is 492. The lowest BCUT2D eigenvalue weighted by atomic mass is 9.93. The van der Waals surface area contributed by atoms with Crippen LogP contribution in [0.25, 0.3) is 0 Å². The fourth-order valence-electron chi connectivity index (χ4n) is 1.80. The maximum Gasteiger partial charge on any atom is 0.185 e. The molecular weight excluding hydrogens is 258 g/mol. The van der Waals surface area contributed by atoms with Crippen LogP contribution in [-0.4, -0.2) is 24.6 Å². The summed E-state index contributed by atoms with van der Waals surface area (Å²) in [6.45, 7) is 1.84. The number of anilines is 2. The quantitative estimate of drug-likeness (QED) is 0.857. The van der Waals surface area contributed by atoms with E-state index >= 15 is 0 Å². The van der Waals surface area contributed by atoms with Gasteiger partial charge in [0.2, 0.25) is 0 Å². The Morgan fingerprint density at radius 2 is 2.24 bits per heavy atom. The number of hydrogen-bond acceptors (Lipinski definition) is 6. The van der Waals surface area contributed by atoms with Gasteiger partial charge < -0.3 is 11.1 Å². The first-order chi connectivity index (χ1) is 8.04. The van der Waals surface area contributed by atoms with Gasteiger partial charge in [0.15, 0.2) is 15.7 Å². The molecule has 1 aliphatic rings. The number of nitrogens with one attached hydrogen (secondary N) is 1. The SMILES string of the molecule is CCCS(=O)(=O)c1c(N)nsc1NC1CCC1. The van der Waals surface area contributed by atoms with E-state index in [-0.39, 0.29) is 16.5 Å². The summed E-state index contributed by atoms with van der Waals surface area (Å²) in [4.78, 5) is 0.205. The summed E-state index contributed by atoms with van der Waals surface area (Å²) in [6.07, 6.45) is 3.96. The predicted octanol–water partition coefficient (Wildman–Crippen LogP) is 1.87. The molecule has 0 radical (unpaired) electrons. The molecular formula is C10H17N3O2S2. The van der Waals surface area contributed by atoms with Crippen LogP contribution in [0.15, 0.2) is 4.90 Å². The number of nitrogen functional groups attached to an aromatic ring is 1. The smallest absolute Gasteiger partial charge is 0.185 e. The van der Waals surface area contributed by atoms with Crippen LogP contribution in [0.2, 0.25) is 0 Å². The van der Waals surface area contributed by atoms with Crippen molar-refractivity contribution in [3.8, 4) is 0 Å². The molecule has 17 heavy (non-hydrogen) atoms. The number of aromatic nitrogens is 1. The van der Waals surface area contributed by atoms with Gasteiger partial charge in [-0.1, -0.05) is 6.92 Å². The molecule has 5 nitrogen and oxygen atoms in total. The van der Waals surface area contributed by atoms with Crippen LogP contribution in [0.1, 0.15) is 32.6 Å². The van der Waals surface area contributed by atoms with Gasteiger partial charge in [-0.3, -0.25) is 0 Å². The van der Waals surface area contributed by atoms with Crippen LogP contribution in [0, 0.1) is 0 Å². The molecule has 0 amide bonds. The third-order valence-electron chi connectivity index (χ3n) is 2.90. The number of nitrogens with two attached hydrogens (primary N) is 1. The maximum atomic E-state index is 12.1. The van der Waals surface area contributed by atoms with E-state index in [4.69, 9.17) is 5.73 Å². The minimum Gasteiger partial charge on any atom is -0.382 e. The minimum atomic E-state index is -3.30. The normalized spacial score (nSPS) is 16.8. The van der Waals surface area contributed by atoms with E-state index < -0.39 is 9.84 Å². The van der Waals surface area contributed by atoms with Crippen LogP contribution in [0.5, 0.6) is 0 Å². The van der Waals surface area contributed by atoms with E-state index in [1.807, 2.05) is 6.92 Å². The van der Waals surface area contributed by atoms with Crippen molar-refractivity contribution in [3.63, 3.8) is 0 Å². The van der Waals surface area contributed by atoms with Crippen molar-refractivity contribution in [2.45, 2.75) is 43.5 Å². The first kappa shape index (κ1) is 12.6. The van der Waals surface area contributed by atoms with E-state index in [2.05, 4.69) is 9.69 Å². The van der Waals surface area contributed by atoms with Gasteiger partial charge in [0, 0.05) is 6.04 Å². The third kappa shape index (κ3) is 2.55. The molecule has 3 N–H and O–H groups in total. The lowest BCUT2D eigenvalue weighted by molar-refractivity contribution is 0.445. The van der Waals surface area contributed by atoms with Crippen LogP contribution in [0.4, 0.5) is 10.8 Å². The molecule has 0 aliphatic heterocycles. The summed E-state index contributed by atoms with van der Waals surface area (Å²) in [6, 6.07) is 0.380. The molecule has 7 heteroatoms. The van der Waals surface area contributed by atoms with E-state index in [9.17, 15) is 8.42 Å². The Labute approximate surface area is 105 Å². The summed E-state index contributed by atoms with van der Waals surface area (Å²) in [5.41, 5.74) is 5.67. The van der Waals surface area contributed by atoms with Gasteiger partial charge in [0.1, 0.15) is 9.90 Å². The predicted molar refractivity (Wildman–Crippen MR) is 70.1 cm³/mol. The van der Waals surface area contributed by atoms with Crippen molar-refractivity contribution in [3.05, 3.63) is 0 Å². The number of sulfone groups is 1. The van der Waals surface area contributed by atoms with Crippen molar-refractivity contribution < 1.29 is 8.42 Å². The zero-order valence-electron chi connectivity index (χ0n) is 9.77. The van der Waals surface area contributed by atoms with Gasteiger partial charge >= 0.3 is 0 Å². The van der Waals surface area contributed by atoms with Crippen LogP contribution in [0.3, 0.4) is 0 Å². The fourth-order valence-corrected chi connectivity index (χ4v) is 4.48. The Hall–Kier alpha value is -0.820. The molecule has 0 atom stereocenters. The fraction of sp³-hybridized carbons (Fsp3) is 0.700. The van der Waals surface area contributed by atoms with E-state index in [1.54, 1.807) is 0 Å². The van der Waals surface area contributed by atoms with Gasteiger partial charge in [0.25, 0.3) is 0 Å². The zero-order valence-corrected chi connectivity index (χ0v) is 11.4. The zero-order chi connectivity index (χ0) is 12.5.